The second kappa shape index (κ2) is 5.84. The molecule has 20 heavy (non-hydrogen) atoms. The Balaban J connectivity index is 2.34. The number of nitrogens with two attached hydrogens (primary N) is 1. The van der Waals surface area contributed by atoms with E-state index in [1.54, 1.807) is 19.2 Å². The molecule has 1 aliphatic carbocycles. The summed E-state index contributed by atoms with van der Waals surface area (Å²) in [5.41, 5.74) is 7.71. The van der Waals surface area contributed by atoms with E-state index >= 15 is 0 Å². The second-order valence-corrected chi connectivity index (χ2v) is 7.84. The molecule has 0 radical (unpaired) electrons. The minimum atomic E-state index is -3.43. The lowest BCUT2D eigenvalue weighted by Gasteiger charge is -2.28. The van der Waals surface area contributed by atoms with Gasteiger partial charge in [-0.15, -0.1) is 0 Å². The molecule has 112 valence electrons. The minimum Gasteiger partial charge on any atom is -0.330 e. The van der Waals surface area contributed by atoms with Crippen molar-refractivity contribution in [2.45, 2.75) is 44.0 Å². The lowest BCUT2D eigenvalue weighted by molar-refractivity contribution is 0.304. The molecule has 2 rings (SSSR count). The SMILES string of the molecule is Cc1cc(C)cc(S(=O)(=O)N(C)C2CCCC2CN)c1. The zero-order valence-electron chi connectivity index (χ0n) is 12.5. The molecule has 4 nitrogen and oxygen atoms in total. The Labute approximate surface area is 122 Å². The van der Waals surface area contributed by atoms with Gasteiger partial charge in [0.2, 0.25) is 10.0 Å². The largest absolute Gasteiger partial charge is 0.330 e. The molecule has 0 heterocycles. The van der Waals surface area contributed by atoms with Crippen LogP contribution in [-0.4, -0.2) is 32.4 Å². The van der Waals surface area contributed by atoms with E-state index in [1.165, 1.54) is 4.31 Å². The van der Waals surface area contributed by atoms with Gasteiger partial charge in [0, 0.05) is 13.1 Å². The van der Waals surface area contributed by atoms with Crippen LogP contribution in [-0.2, 0) is 10.0 Å². The van der Waals surface area contributed by atoms with Gasteiger partial charge in [-0.1, -0.05) is 12.5 Å². The van der Waals surface area contributed by atoms with Crippen LogP contribution in [0.5, 0.6) is 0 Å². The van der Waals surface area contributed by atoms with Crippen molar-refractivity contribution >= 4 is 10.0 Å². The van der Waals surface area contributed by atoms with Crippen LogP contribution < -0.4 is 5.73 Å². The Morgan fingerprint density at radius 3 is 2.35 bits per heavy atom. The third-order valence-corrected chi connectivity index (χ3v) is 6.12. The van der Waals surface area contributed by atoms with Gasteiger partial charge in [0.15, 0.2) is 0 Å². The highest BCUT2D eigenvalue weighted by Gasteiger charge is 2.35. The molecule has 1 aromatic carbocycles. The van der Waals surface area contributed by atoms with Crippen molar-refractivity contribution in [1.29, 1.82) is 0 Å². The lowest BCUT2D eigenvalue weighted by atomic mass is 10.0. The third-order valence-electron chi connectivity index (χ3n) is 4.26. The Morgan fingerprint density at radius 2 is 1.80 bits per heavy atom. The Hall–Kier alpha value is -0.910. The van der Waals surface area contributed by atoms with Crippen LogP contribution in [0.2, 0.25) is 0 Å². The molecule has 5 heteroatoms. The number of aryl methyl sites for hydroxylation is 2. The number of benzene rings is 1. The minimum absolute atomic E-state index is 0.0332. The van der Waals surface area contributed by atoms with E-state index in [0.29, 0.717) is 11.4 Å². The molecule has 0 bridgehead atoms. The first kappa shape index (κ1) is 15.5. The maximum atomic E-state index is 12.8. The highest BCUT2D eigenvalue weighted by Crippen LogP contribution is 2.32. The Kier molecular flexibility index (Phi) is 4.52. The zero-order valence-corrected chi connectivity index (χ0v) is 13.3. The van der Waals surface area contributed by atoms with Gasteiger partial charge < -0.3 is 5.73 Å². The fraction of sp³-hybridized carbons (Fsp3) is 0.600. The molecule has 0 aromatic heterocycles. The molecule has 0 amide bonds. The molecular formula is C15H24N2O2S. The maximum absolute atomic E-state index is 12.8. The summed E-state index contributed by atoms with van der Waals surface area (Å²) in [7, 11) is -1.75. The van der Waals surface area contributed by atoms with Gasteiger partial charge in [-0.3, -0.25) is 0 Å². The maximum Gasteiger partial charge on any atom is 0.243 e. The van der Waals surface area contributed by atoms with Crippen LogP contribution in [0.15, 0.2) is 23.1 Å². The first-order valence-corrected chi connectivity index (χ1v) is 8.56. The van der Waals surface area contributed by atoms with Crippen LogP contribution in [0.3, 0.4) is 0 Å². The van der Waals surface area contributed by atoms with Crippen molar-refractivity contribution in [2.24, 2.45) is 11.7 Å². The number of sulfonamides is 1. The summed E-state index contributed by atoms with van der Waals surface area (Å²) in [5.74, 6) is 0.278. The molecule has 2 unspecified atom stereocenters. The summed E-state index contributed by atoms with van der Waals surface area (Å²) in [6, 6.07) is 5.50. The fourth-order valence-corrected chi connectivity index (χ4v) is 4.83. The molecule has 2 N–H and O–H groups in total. The van der Waals surface area contributed by atoms with E-state index in [1.807, 2.05) is 19.9 Å². The summed E-state index contributed by atoms with van der Waals surface area (Å²) in [6.45, 7) is 4.39. The standard InChI is InChI=1S/C15H24N2O2S/c1-11-7-12(2)9-14(8-11)20(18,19)17(3)15-6-4-5-13(15)10-16/h7-9,13,15H,4-6,10,16H2,1-3H3. The predicted molar refractivity (Wildman–Crippen MR) is 81.0 cm³/mol. The summed E-state index contributed by atoms with van der Waals surface area (Å²) in [5, 5.41) is 0. The molecule has 1 aromatic rings. The number of rotatable bonds is 4. The molecule has 0 spiro atoms. The van der Waals surface area contributed by atoms with Gasteiger partial charge in [0.25, 0.3) is 0 Å². The molecule has 0 aliphatic heterocycles. The van der Waals surface area contributed by atoms with E-state index in [-0.39, 0.29) is 12.0 Å². The monoisotopic (exact) mass is 296 g/mol. The Bertz CT molecular complexity index is 563. The van der Waals surface area contributed by atoms with Gasteiger partial charge in [-0.2, -0.15) is 4.31 Å². The average Bonchev–Trinajstić information content (AvgIpc) is 2.84. The molecule has 1 saturated carbocycles. The summed E-state index contributed by atoms with van der Waals surface area (Å²) >= 11 is 0. The van der Waals surface area contributed by atoms with Crippen molar-refractivity contribution in [1.82, 2.24) is 4.31 Å². The molecule has 1 fully saturated rings. The van der Waals surface area contributed by atoms with E-state index < -0.39 is 10.0 Å². The van der Waals surface area contributed by atoms with Crippen molar-refractivity contribution < 1.29 is 8.42 Å². The predicted octanol–water partition coefficient (Wildman–Crippen LogP) is 2.05. The number of hydrogen-bond acceptors (Lipinski definition) is 3. The lowest BCUT2D eigenvalue weighted by Crippen LogP contribution is -2.41. The van der Waals surface area contributed by atoms with Gasteiger partial charge >= 0.3 is 0 Å². The van der Waals surface area contributed by atoms with Crippen LogP contribution in [0.1, 0.15) is 30.4 Å². The summed E-state index contributed by atoms with van der Waals surface area (Å²) in [4.78, 5) is 0.389. The highest BCUT2D eigenvalue weighted by atomic mass is 32.2. The second-order valence-electron chi connectivity index (χ2n) is 5.84. The van der Waals surface area contributed by atoms with Crippen molar-refractivity contribution in [3.8, 4) is 0 Å². The first-order valence-electron chi connectivity index (χ1n) is 7.12. The smallest absolute Gasteiger partial charge is 0.243 e. The van der Waals surface area contributed by atoms with Crippen molar-refractivity contribution in [2.75, 3.05) is 13.6 Å². The van der Waals surface area contributed by atoms with Crippen molar-refractivity contribution in [3.05, 3.63) is 29.3 Å². The third kappa shape index (κ3) is 2.90. The molecule has 1 aliphatic rings. The molecular weight excluding hydrogens is 272 g/mol. The van der Waals surface area contributed by atoms with Crippen molar-refractivity contribution in [3.63, 3.8) is 0 Å². The topological polar surface area (TPSA) is 63.4 Å². The van der Waals surface area contributed by atoms with Gasteiger partial charge in [-0.05, 0) is 62.4 Å². The first-order chi connectivity index (χ1) is 9.36. The van der Waals surface area contributed by atoms with E-state index in [2.05, 4.69) is 0 Å². The highest BCUT2D eigenvalue weighted by molar-refractivity contribution is 7.89. The number of hydrogen-bond donors (Lipinski definition) is 1. The fourth-order valence-electron chi connectivity index (χ4n) is 3.20. The van der Waals surface area contributed by atoms with Gasteiger partial charge in [0.05, 0.1) is 4.90 Å². The average molecular weight is 296 g/mol. The molecule has 2 atom stereocenters. The van der Waals surface area contributed by atoms with Gasteiger partial charge in [-0.25, -0.2) is 8.42 Å². The van der Waals surface area contributed by atoms with Crippen LogP contribution >= 0.6 is 0 Å². The normalized spacial score (nSPS) is 23.4. The summed E-state index contributed by atoms with van der Waals surface area (Å²) < 4.78 is 27.1. The Morgan fingerprint density at radius 1 is 1.20 bits per heavy atom. The van der Waals surface area contributed by atoms with Crippen LogP contribution in [0.25, 0.3) is 0 Å². The summed E-state index contributed by atoms with van der Waals surface area (Å²) in [6.07, 6.45) is 2.98. The van der Waals surface area contributed by atoms with Crippen LogP contribution in [0.4, 0.5) is 0 Å². The van der Waals surface area contributed by atoms with Crippen LogP contribution in [0, 0.1) is 19.8 Å². The zero-order chi connectivity index (χ0) is 14.9. The molecule has 0 saturated heterocycles. The number of nitrogens with zero attached hydrogens (tertiary/aromatic N) is 1. The van der Waals surface area contributed by atoms with E-state index in [0.717, 1.165) is 30.4 Å². The quantitative estimate of drug-likeness (QED) is 0.925. The van der Waals surface area contributed by atoms with E-state index in [9.17, 15) is 8.42 Å². The van der Waals surface area contributed by atoms with Gasteiger partial charge in [0.1, 0.15) is 0 Å². The van der Waals surface area contributed by atoms with E-state index in [4.69, 9.17) is 5.73 Å².